The Morgan fingerprint density at radius 1 is 1.07 bits per heavy atom. The van der Waals surface area contributed by atoms with Crippen molar-refractivity contribution in [1.82, 2.24) is 9.80 Å². The zero-order chi connectivity index (χ0) is 20.1. The summed E-state index contributed by atoms with van der Waals surface area (Å²) in [4.78, 5) is 38.3. The lowest BCUT2D eigenvalue weighted by molar-refractivity contribution is -0.384. The third-order valence-corrected chi connectivity index (χ3v) is 4.70. The van der Waals surface area contributed by atoms with E-state index in [0.717, 1.165) is 0 Å². The minimum absolute atomic E-state index is 0.00277. The Labute approximate surface area is 163 Å². The summed E-state index contributed by atoms with van der Waals surface area (Å²) in [5.41, 5.74) is 1.56. The van der Waals surface area contributed by atoms with Gasteiger partial charge in [-0.3, -0.25) is 19.7 Å². The predicted molar refractivity (Wildman–Crippen MR) is 105 cm³/mol. The molecule has 1 aliphatic rings. The molecule has 1 aliphatic heterocycles. The lowest BCUT2D eigenvalue weighted by Gasteiger charge is -2.33. The van der Waals surface area contributed by atoms with E-state index >= 15 is 0 Å². The monoisotopic (exact) mass is 378 g/mol. The van der Waals surface area contributed by atoms with Crippen molar-refractivity contribution in [1.29, 1.82) is 0 Å². The first kappa shape index (κ1) is 19.3. The summed E-state index contributed by atoms with van der Waals surface area (Å²) in [5, 5.41) is 11.5. The molecule has 2 amide bonds. The van der Waals surface area contributed by atoms with E-state index in [0.29, 0.717) is 42.9 Å². The van der Waals surface area contributed by atoms with Gasteiger partial charge in [-0.25, -0.2) is 0 Å². The van der Waals surface area contributed by atoms with Crippen LogP contribution in [0.3, 0.4) is 0 Å². The molecule has 1 fully saturated rings. The van der Waals surface area contributed by atoms with Crippen LogP contribution in [0.5, 0.6) is 0 Å². The zero-order valence-electron chi connectivity index (χ0n) is 15.5. The molecule has 7 nitrogen and oxygen atoms in total. The van der Waals surface area contributed by atoms with Crippen molar-refractivity contribution >= 4 is 23.6 Å². The van der Waals surface area contributed by atoms with Gasteiger partial charge in [0.15, 0.2) is 0 Å². The van der Waals surface area contributed by atoms with Gasteiger partial charge in [-0.05, 0) is 23.3 Å². The molecule has 1 radical (unpaired) electrons. The second-order valence-electron chi connectivity index (χ2n) is 6.44. The number of hydrogen-bond donors (Lipinski definition) is 0. The van der Waals surface area contributed by atoms with Crippen LogP contribution in [0.25, 0.3) is 17.2 Å². The van der Waals surface area contributed by atoms with Crippen LogP contribution in [0.1, 0.15) is 12.5 Å². The topological polar surface area (TPSA) is 83.8 Å². The van der Waals surface area contributed by atoms with Crippen LogP contribution < -0.4 is 0 Å². The Kier molecular flexibility index (Phi) is 5.84. The summed E-state index contributed by atoms with van der Waals surface area (Å²) < 4.78 is 0. The van der Waals surface area contributed by atoms with Gasteiger partial charge in [-0.15, -0.1) is 0 Å². The average molecular weight is 378 g/mol. The van der Waals surface area contributed by atoms with Crippen molar-refractivity contribution in [3.63, 3.8) is 0 Å². The summed E-state index contributed by atoms with van der Waals surface area (Å²) in [7, 11) is 0. The molecule has 0 bridgehead atoms. The van der Waals surface area contributed by atoms with E-state index in [1.807, 2.05) is 6.07 Å². The highest BCUT2D eigenvalue weighted by molar-refractivity contribution is 5.94. The lowest BCUT2D eigenvalue weighted by atomic mass is 9.97. The minimum Gasteiger partial charge on any atom is -0.339 e. The molecule has 2 aromatic rings. The van der Waals surface area contributed by atoms with E-state index in [1.54, 1.807) is 46.2 Å². The predicted octanol–water partition coefficient (Wildman–Crippen LogP) is 2.77. The normalized spacial score (nSPS) is 14.3. The fraction of sp³-hybridized carbons (Fsp3) is 0.238. The molecule has 0 spiro atoms. The third-order valence-electron chi connectivity index (χ3n) is 4.70. The number of rotatable bonds is 4. The smallest absolute Gasteiger partial charge is 0.285 e. The van der Waals surface area contributed by atoms with Crippen LogP contribution in [0, 0.1) is 16.2 Å². The van der Waals surface area contributed by atoms with Gasteiger partial charge in [-0.2, -0.15) is 0 Å². The molecule has 1 heterocycles. The Balaban J connectivity index is 1.84. The molecule has 0 atom stereocenters. The van der Waals surface area contributed by atoms with Gasteiger partial charge in [0.1, 0.15) is 0 Å². The van der Waals surface area contributed by atoms with E-state index in [-0.39, 0.29) is 17.5 Å². The first-order valence-corrected chi connectivity index (χ1v) is 8.94. The molecular weight excluding hydrogens is 358 g/mol. The number of hydrogen-bond acceptors (Lipinski definition) is 4. The lowest BCUT2D eigenvalue weighted by Crippen LogP contribution is -2.49. The standard InChI is InChI=1S/C21H20N3O4/c1-16(25)22-12-14-23(15-13-22)20(26)11-10-18-8-5-9-19(24(27)28)21(18)17-6-3-2-4-7-17/h2-8,10-11H,12-15H2,1H3/b11-10+. The Morgan fingerprint density at radius 3 is 2.32 bits per heavy atom. The highest BCUT2D eigenvalue weighted by Crippen LogP contribution is 2.33. The van der Waals surface area contributed by atoms with Crippen LogP contribution in [-0.2, 0) is 9.59 Å². The summed E-state index contributed by atoms with van der Waals surface area (Å²) in [6, 6.07) is 14.9. The first-order chi connectivity index (χ1) is 13.5. The van der Waals surface area contributed by atoms with Crippen molar-refractivity contribution in [2.75, 3.05) is 26.2 Å². The number of carbonyl (C=O) groups is 2. The van der Waals surface area contributed by atoms with Crippen molar-refractivity contribution in [2.24, 2.45) is 0 Å². The quantitative estimate of drug-likeness (QED) is 0.465. The van der Waals surface area contributed by atoms with Crippen molar-refractivity contribution in [3.8, 4) is 11.1 Å². The Morgan fingerprint density at radius 2 is 1.71 bits per heavy atom. The Hall–Kier alpha value is -3.48. The van der Waals surface area contributed by atoms with Crippen molar-refractivity contribution < 1.29 is 14.5 Å². The highest BCUT2D eigenvalue weighted by atomic mass is 16.6. The number of benzene rings is 2. The van der Waals surface area contributed by atoms with Gasteiger partial charge in [-0.1, -0.05) is 36.4 Å². The molecule has 28 heavy (non-hydrogen) atoms. The summed E-state index contributed by atoms with van der Waals surface area (Å²) in [5.74, 6) is -0.180. The first-order valence-electron chi connectivity index (χ1n) is 8.94. The van der Waals surface area contributed by atoms with Crippen molar-refractivity contribution in [3.05, 3.63) is 70.3 Å². The number of amides is 2. The van der Waals surface area contributed by atoms with Gasteiger partial charge >= 0.3 is 0 Å². The zero-order valence-corrected chi connectivity index (χ0v) is 15.5. The van der Waals surface area contributed by atoms with E-state index in [9.17, 15) is 19.7 Å². The maximum absolute atomic E-state index is 12.5. The molecule has 0 aliphatic carbocycles. The van der Waals surface area contributed by atoms with Gasteiger partial charge in [0.25, 0.3) is 5.69 Å². The molecule has 3 rings (SSSR count). The molecule has 0 unspecified atom stereocenters. The van der Waals surface area contributed by atoms with Crippen LogP contribution >= 0.6 is 0 Å². The second-order valence-corrected chi connectivity index (χ2v) is 6.44. The van der Waals surface area contributed by atoms with Gasteiger partial charge in [0.05, 0.1) is 16.6 Å². The summed E-state index contributed by atoms with van der Waals surface area (Å²) >= 11 is 0. The van der Waals surface area contributed by atoms with E-state index < -0.39 is 4.92 Å². The SMILES string of the molecule is CC(=O)N1CCN(C(=O)/C=C/c2cc[c]c([N+](=O)[O-])c2-c2ccccc2)CC1. The average Bonchev–Trinajstić information content (AvgIpc) is 2.72. The van der Waals surface area contributed by atoms with E-state index in [2.05, 4.69) is 6.07 Å². The molecule has 7 heteroatoms. The largest absolute Gasteiger partial charge is 0.339 e. The second kappa shape index (κ2) is 8.47. The van der Waals surface area contributed by atoms with Crippen LogP contribution in [-0.4, -0.2) is 52.7 Å². The summed E-state index contributed by atoms with van der Waals surface area (Å²) in [6.45, 7) is 3.47. The molecule has 2 aromatic carbocycles. The maximum atomic E-state index is 12.5. The number of nitro benzene ring substituents is 1. The number of nitro groups is 1. The summed E-state index contributed by atoms with van der Waals surface area (Å²) in [6.07, 6.45) is 3.03. The molecule has 0 aromatic heterocycles. The number of nitrogens with zero attached hydrogens (tertiary/aromatic N) is 3. The third kappa shape index (κ3) is 4.25. The van der Waals surface area contributed by atoms with E-state index in [4.69, 9.17) is 0 Å². The number of carbonyl (C=O) groups excluding carboxylic acids is 2. The van der Waals surface area contributed by atoms with Gasteiger partial charge < -0.3 is 9.80 Å². The fourth-order valence-electron chi connectivity index (χ4n) is 3.20. The maximum Gasteiger partial charge on any atom is 0.285 e. The van der Waals surface area contributed by atoms with Crippen LogP contribution in [0.15, 0.2) is 48.5 Å². The van der Waals surface area contributed by atoms with Crippen LogP contribution in [0.2, 0.25) is 0 Å². The Bertz CT molecular complexity index is 917. The molecule has 1 saturated heterocycles. The molecule has 0 N–H and O–H groups in total. The van der Waals surface area contributed by atoms with E-state index in [1.165, 1.54) is 19.1 Å². The number of piperazine rings is 1. The van der Waals surface area contributed by atoms with Crippen LogP contribution in [0.4, 0.5) is 5.69 Å². The highest BCUT2D eigenvalue weighted by Gasteiger charge is 2.22. The molecule has 143 valence electrons. The molecule has 0 saturated carbocycles. The van der Waals surface area contributed by atoms with Gasteiger partial charge in [0.2, 0.25) is 11.8 Å². The van der Waals surface area contributed by atoms with Gasteiger partial charge in [0, 0.05) is 39.2 Å². The fourth-order valence-corrected chi connectivity index (χ4v) is 3.20. The van der Waals surface area contributed by atoms with Crippen molar-refractivity contribution in [2.45, 2.75) is 6.92 Å². The molecular formula is C21H20N3O4. The minimum atomic E-state index is -0.470.